The number of aromatic nitrogens is 1. The first-order chi connectivity index (χ1) is 14.3. The van der Waals surface area contributed by atoms with Gasteiger partial charge in [-0.25, -0.2) is 9.78 Å². The highest BCUT2D eigenvalue weighted by Crippen LogP contribution is 2.25. The molecule has 1 aliphatic heterocycles. The zero-order valence-corrected chi connectivity index (χ0v) is 17.3. The van der Waals surface area contributed by atoms with E-state index in [0.29, 0.717) is 11.7 Å². The summed E-state index contributed by atoms with van der Waals surface area (Å²) in [6.07, 6.45) is 0.950. The van der Waals surface area contributed by atoms with Crippen LogP contribution in [0.5, 0.6) is 0 Å². The summed E-state index contributed by atoms with van der Waals surface area (Å²) in [5, 5.41) is 6.41. The Hall–Kier alpha value is -2.48. The third kappa shape index (κ3) is 5.76. The summed E-state index contributed by atoms with van der Waals surface area (Å²) in [4.78, 5) is 21.5. The van der Waals surface area contributed by atoms with E-state index in [4.69, 9.17) is 0 Å². The van der Waals surface area contributed by atoms with Gasteiger partial charge in [-0.15, -0.1) is 0 Å². The summed E-state index contributed by atoms with van der Waals surface area (Å²) in [7, 11) is 0. The number of hydrogen-bond acceptors (Lipinski definition) is 5. The Balaban J connectivity index is 1.11. The van der Waals surface area contributed by atoms with Crippen LogP contribution < -0.4 is 10.6 Å². The van der Waals surface area contributed by atoms with E-state index in [1.165, 1.54) is 16.9 Å². The molecule has 0 aliphatic carbocycles. The van der Waals surface area contributed by atoms with Gasteiger partial charge in [0.25, 0.3) is 0 Å². The summed E-state index contributed by atoms with van der Waals surface area (Å²) in [5.74, 6) is 0. The van der Waals surface area contributed by atoms with Crippen molar-refractivity contribution in [2.45, 2.75) is 13.0 Å². The highest BCUT2D eigenvalue weighted by Gasteiger charge is 2.16. The zero-order chi connectivity index (χ0) is 19.9. The molecule has 0 atom stereocenters. The fourth-order valence-electron chi connectivity index (χ4n) is 3.58. The molecule has 1 aromatic heterocycles. The molecule has 29 heavy (non-hydrogen) atoms. The number of para-hydroxylation sites is 1. The van der Waals surface area contributed by atoms with Crippen LogP contribution in [0.3, 0.4) is 0 Å². The van der Waals surface area contributed by atoms with Gasteiger partial charge in [0.15, 0.2) is 5.13 Å². The summed E-state index contributed by atoms with van der Waals surface area (Å²) in [5.41, 5.74) is 2.29. The molecule has 2 amide bonds. The second kappa shape index (κ2) is 9.82. The molecule has 152 valence electrons. The molecular weight excluding hydrogens is 382 g/mol. The number of piperazine rings is 1. The second-order valence-electron chi connectivity index (χ2n) is 7.32. The van der Waals surface area contributed by atoms with Gasteiger partial charge >= 0.3 is 6.03 Å². The van der Waals surface area contributed by atoms with Gasteiger partial charge < -0.3 is 10.2 Å². The van der Waals surface area contributed by atoms with Crippen LogP contribution in [-0.2, 0) is 6.54 Å². The number of benzene rings is 2. The van der Waals surface area contributed by atoms with Gasteiger partial charge in [0.05, 0.1) is 10.2 Å². The molecule has 2 N–H and O–H groups in total. The molecular formula is C22H27N5OS. The lowest BCUT2D eigenvalue weighted by Crippen LogP contribution is -2.46. The summed E-state index contributed by atoms with van der Waals surface area (Å²) < 4.78 is 1.08. The van der Waals surface area contributed by atoms with Crippen molar-refractivity contribution in [2.24, 2.45) is 0 Å². The van der Waals surface area contributed by atoms with Crippen LogP contribution in [0.1, 0.15) is 12.0 Å². The van der Waals surface area contributed by atoms with E-state index < -0.39 is 0 Å². The maximum absolute atomic E-state index is 12.1. The van der Waals surface area contributed by atoms with Gasteiger partial charge in [-0.1, -0.05) is 53.8 Å². The average molecular weight is 410 g/mol. The maximum Gasteiger partial charge on any atom is 0.321 e. The van der Waals surface area contributed by atoms with Crippen LogP contribution in [0.4, 0.5) is 9.93 Å². The topological polar surface area (TPSA) is 60.5 Å². The first-order valence-electron chi connectivity index (χ1n) is 10.2. The van der Waals surface area contributed by atoms with Gasteiger partial charge in [-0.3, -0.25) is 10.2 Å². The number of hydrogen-bond donors (Lipinski definition) is 2. The molecule has 0 unspecified atom stereocenters. The van der Waals surface area contributed by atoms with Crippen LogP contribution in [0.2, 0.25) is 0 Å². The van der Waals surface area contributed by atoms with Gasteiger partial charge in [-0.2, -0.15) is 0 Å². The SMILES string of the molecule is O=C(NCCCN1CCN(Cc2ccccc2)CC1)Nc1nc2ccccc2s1. The number of nitrogens with zero attached hydrogens (tertiary/aromatic N) is 3. The van der Waals surface area contributed by atoms with Crippen molar-refractivity contribution in [3.63, 3.8) is 0 Å². The number of carbonyl (C=O) groups excluding carboxylic acids is 1. The van der Waals surface area contributed by atoms with Crippen molar-refractivity contribution in [2.75, 3.05) is 44.6 Å². The van der Waals surface area contributed by atoms with E-state index in [1.54, 1.807) is 0 Å². The summed E-state index contributed by atoms with van der Waals surface area (Å²) in [6.45, 7) is 7.08. The Morgan fingerprint density at radius 3 is 2.48 bits per heavy atom. The van der Waals surface area contributed by atoms with Gasteiger partial charge in [0.1, 0.15) is 0 Å². The van der Waals surface area contributed by atoms with Crippen LogP contribution in [0.15, 0.2) is 54.6 Å². The van der Waals surface area contributed by atoms with Gasteiger partial charge in [0, 0.05) is 39.3 Å². The van der Waals surface area contributed by atoms with E-state index in [0.717, 1.165) is 55.9 Å². The van der Waals surface area contributed by atoms with E-state index in [-0.39, 0.29) is 6.03 Å². The molecule has 0 bridgehead atoms. The molecule has 2 aromatic carbocycles. The van der Waals surface area contributed by atoms with Crippen molar-refractivity contribution in [3.8, 4) is 0 Å². The summed E-state index contributed by atoms with van der Waals surface area (Å²) in [6, 6.07) is 18.4. The van der Waals surface area contributed by atoms with Crippen LogP contribution in [-0.4, -0.2) is 60.1 Å². The molecule has 0 radical (unpaired) electrons. The van der Waals surface area contributed by atoms with Crippen molar-refractivity contribution in [1.29, 1.82) is 0 Å². The zero-order valence-electron chi connectivity index (χ0n) is 16.5. The van der Waals surface area contributed by atoms with Gasteiger partial charge in [-0.05, 0) is 30.7 Å². The third-order valence-corrected chi connectivity index (χ3v) is 6.12. The molecule has 1 saturated heterocycles. The normalized spacial score (nSPS) is 15.4. The van der Waals surface area contributed by atoms with Gasteiger partial charge in [0.2, 0.25) is 0 Å². The van der Waals surface area contributed by atoms with E-state index in [2.05, 4.69) is 55.7 Å². The standard InChI is InChI=1S/C22H27N5OS/c28-21(25-22-24-19-9-4-5-10-20(19)29-22)23-11-6-12-26-13-15-27(16-14-26)17-18-7-2-1-3-8-18/h1-5,7-10H,6,11-17H2,(H2,23,24,25,28). The molecule has 2 heterocycles. The lowest BCUT2D eigenvalue weighted by Gasteiger charge is -2.34. The number of urea groups is 1. The number of rotatable bonds is 7. The number of anilines is 1. The highest BCUT2D eigenvalue weighted by molar-refractivity contribution is 7.22. The van der Waals surface area contributed by atoms with Crippen molar-refractivity contribution in [3.05, 3.63) is 60.2 Å². The number of carbonyl (C=O) groups is 1. The lowest BCUT2D eigenvalue weighted by atomic mass is 10.2. The van der Waals surface area contributed by atoms with E-state index in [9.17, 15) is 4.79 Å². The molecule has 0 saturated carbocycles. The molecule has 7 heteroatoms. The van der Waals surface area contributed by atoms with Crippen molar-refractivity contribution < 1.29 is 4.79 Å². The third-order valence-electron chi connectivity index (χ3n) is 5.16. The van der Waals surface area contributed by atoms with Crippen LogP contribution in [0.25, 0.3) is 10.2 Å². The smallest absolute Gasteiger partial charge is 0.321 e. The fourth-order valence-corrected chi connectivity index (χ4v) is 4.45. The second-order valence-corrected chi connectivity index (χ2v) is 8.36. The number of nitrogens with one attached hydrogen (secondary N) is 2. The number of thiazole rings is 1. The fraction of sp³-hybridized carbons (Fsp3) is 0.364. The molecule has 1 fully saturated rings. The van der Waals surface area contributed by atoms with E-state index >= 15 is 0 Å². The first kappa shape index (κ1) is 19.8. The Bertz CT molecular complexity index is 888. The van der Waals surface area contributed by atoms with Crippen molar-refractivity contribution in [1.82, 2.24) is 20.1 Å². The first-order valence-corrected chi connectivity index (χ1v) is 11.0. The minimum Gasteiger partial charge on any atom is -0.338 e. The monoisotopic (exact) mass is 409 g/mol. The minimum absolute atomic E-state index is 0.184. The molecule has 0 spiro atoms. The number of fused-ring (bicyclic) bond motifs is 1. The van der Waals surface area contributed by atoms with Crippen LogP contribution >= 0.6 is 11.3 Å². The van der Waals surface area contributed by atoms with Crippen LogP contribution in [0, 0.1) is 0 Å². The van der Waals surface area contributed by atoms with E-state index in [1.807, 2.05) is 24.3 Å². The Labute approximate surface area is 175 Å². The largest absolute Gasteiger partial charge is 0.338 e. The molecule has 1 aliphatic rings. The highest BCUT2D eigenvalue weighted by atomic mass is 32.1. The predicted octanol–water partition coefficient (Wildman–Crippen LogP) is 3.63. The molecule has 4 rings (SSSR count). The molecule has 3 aromatic rings. The Morgan fingerprint density at radius 1 is 0.966 bits per heavy atom. The minimum atomic E-state index is -0.184. The Morgan fingerprint density at radius 2 is 1.69 bits per heavy atom. The molecule has 6 nitrogen and oxygen atoms in total. The number of amides is 2. The quantitative estimate of drug-likeness (QED) is 0.585. The van der Waals surface area contributed by atoms with Crippen molar-refractivity contribution >= 4 is 32.7 Å². The lowest BCUT2D eigenvalue weighted by molar-refractivity contribution is 0.126. The Kier molecular flexibility index (Phi) is 6.71. The maximum atomic E-state index is 12.1. The summed E-state index contributed by atoms with van der Waals surface area (Å²) >= 11 is 1.49. The predicted molar refractivity (Wildman–Crippen MR) is 119 cm³/mol. The average Bonchev–Trinajstić information content (AvgIpc) is 3.15.